The zero-order valence-corrected chi connectivity index (χ0v) is 9.61. The third-order valence-corrected chi connectivity index (χ3v) is 2.33. The van der Waals surface area contributed by atoms with Gasteiger partial charge in [-0.3, -0.25) is 4.79 Å². The first kappa shape index (κ1) is 13.2. The molecule has 6 heteroatoms. The summed E-state index contributed by atoms with van der Waals surface area (Å²) in [5.41, 5.74) is -0.824. The van der Waals surface area contributed by atoms with Crippen LogP contribution in [0, 0.1) is 0 Å². The number of hydrogen-bond donors (Lipinski definition) is 0. The van der Waals surface area contributed by atoms with Crippen LogP contribution in [0.2, 0.25) is 0 Å². The fourth-order valence-electron chi connectivity index (χ4n) is 1.42. The summed E-state index contributed by atoms with van der Waals surface area (Å²) in [6, 6.07) is 7.34. The van der Waals surface area contributed by atoms with E-state index in [1.807, 2.05) is 0 Å². The van der Waals surface area contributed by atoms with Crippen molar-refractivity contribution in [3.05, 3.63) is 54.0 Å². The molecule has 0 radical (unpaired) electrons. The van der Waals surface area contributed by atoms with Crippen LogP contribution in [0.4, 0.5) is 13.2 Å². The lowest BCUT2D eigenvalue weighted by Gasteiger charge is -2.09. The van der Waals surface area contributed by atoms with E-state index in [9.17, 15) is 18.0 Å². The minimum atomic E-state index is -4.44. The second kappa shape index (κ2) is 5.17. The molecule has 0 amide bonds. The zero-order chi connectivity index (χ0) is 13.9. The molecule has 0 saturated carbocycles. The molecule has 1 aromatic heterocycles. The van der Waals surface area contributed by atoms with Crippen LogP contribution in [0.5, 0.6) is 5.75 Å². The largest absolute Gasteiger partial charge is 0.485 e. The third-order valence-electron chi connectivity index (χ3n) is 2.33. The van der Waals surface area contributed by atoms with Crippen molar-refractivity contribution in [3.8, 4) is 5.75 Å². The van der Waals surface area contributed by atoms with Crippen LogP contribution >= 0.6 is 0 Å². The van der Waals surface area contributed by atoms with Crippen LogP contribution in [0.15, 0.2) is 47.1 Å². The Bertz CT molecular complexity index is 559. The molecule has 0 aliphatic heterocycles. The molecule has 100 valence electrons. The van der Waals surface area contributed by atoms with Gasteiger partial charge in [0.2, 0.25) is 5.78 Å². The van der Waals surface area contributed by atoms with Crippen LogP contribution in [-0.4, -0.2) is 12.4 Å². The Morgan fingerprint density at radius 2 is 2.00 bits per heavy atom. The van der Waals surface area contributed by atoms with Crippen molar-refractivity contribution in [1.29, 1.82) is 0 Å². The lowest BCUT2D eigenvalue weighted by atomic mass is 10.2. The van der Waals surface area contributed by atoms with Crippen LogP contribution in [-0.2, 0) is 6.18 Å². The first-order valence-electron chi connectivity index (χ1n) is 5.33. The topological polar surface area (TPSA) is 39.4 Å². The van der Waals surface area contributed by atoms with Gasteiger partial charge >= 0.3 is 6.18 Å². The fraction of sp³-hybridized carbons (Fsp3) is 0.154. The SMILES string of the molecule is O=C(COc1cccc(C(F)(F)F)c1)c1ccco1. The summed E-state index contributed by atoms with van der Waals surface area (Å²) in [5.74, 6) is -0.357. The highest BCUT2D eigenvalue weighted by molar-refractivity contribution is 5.94. The van der Waals surface area contributed by atoms with Gasteiger partial charge in [0.15, 0.2) is 12.4 Å². The van der Waals surface area contributed by atoms with Crippen LogP contribution in [0.1, 0.15) is 16.1 Å². The van der Waals surface area contributed by atoms with Gasteiger partial charge in [-0.1, -0.05) is 6.07 Å². The number of hydrogen-bond acceptors (Lipinski definition) is 3. The average molecular weight is 270 g/mol. The highest BCUT2D eigenvalue weighted by atomic mass is 19.4. The maximum atomic E-state index is 12.5. The van der Waals surface area contributed by atoms with Gasteiger partial charge in [-0.15, -0.1) is 0 Å². The molecule has 0 fully saturated rings. The molecule has 19 heavy (non-hydrogen) atoms. The number of ether oxygens (including phenoxy) is 1. The molecule has 0 unspecified atom stereocenters. The molecule has 0 bridgehead atoms. The van der Waals surface area contributed by atoms with Crippen LogP contribution < -0.4 is 4.74 Å². The molecule has 0 saturated heterocycles. The Morgan fingerprint density at radius 3 is 2.63 bits per heavy atom. The van der Waals surface area contributed by atoms with Crippen molar-refractivity contribution in [2.24, 2.45) is 0 Å². The monoisotopic (exact) mass is 270 g/mol. The zero-order valence-electron chi connectivity index (χ0n) is 9.61. The van der Waals surface area contributed by atoms with E-state index in [0.29, 0.717) is 0 Å². The molecular weight excluding hydrogens is 261 g/mol. The van der Waals surface area contributed by atoms with E-state index in [2.05, 4.69) is 0 Å². The summed E-state index contributed by atoms with van der Waals surface area (Å²) < 4.78 is 47.2. The van der Waals surface area contributed by atoms with Crippen molar-refractivity contribution in [3.63, 3.8) is 0 Å². The number of carbonyl (C=O) groups excluding carboxylic acids is 1. The van der Waals surface area contributed by atoms with E-state index in [1.54, 1.807) is 0 Å². The van der Waals surface area contributed by atoms with Gasteiger partial charge in [0, 0.05) is 0 Å². The van der Waals surface area contributed by atoms with Crippen molar-refractivity contribution in [2.75, 3.05) is 6.61 Å². The maximum Gasteiger partial charge on any atom is 0.416 e. The summed E-state index contributed by atoms with van der Waals surface area (Å²) >= 11 is 0. The van der Waals surface area contributed by atoms with Crippen LogP contribution in [0.3, 0.4) is 0 Å². The van der Waals surface area contributed by atoms with Crippen molar-refractivity contribution in [1.82, 2.24) is 0 Å². The number of Topliss-reactive ketones (excluding diaryl/α,β-unsaturated/α-hetero) is 1. The van der Waals surface area contributed by atoms with E-state index >= 15 is 0 Å². The number of ketones is 1. The predicted octanol–water partition coefficient (Wildman–Crippen LogP) is 3.56. The molecule has 1 aromatic carbocycles. The molecule has 2 aromatic rings. The van der Waals surface area contributed by atoms with E-state index in [4.69, 9.17) is 9.15 Å². The highest BCUT2D eigenvalue weighted by Crippen LogP contribution is 2.31. The number of carbonyl (C=O) groups is 1. The first-order valence-corrected chi connectivity index (χ1v) is 5.33. The number of benzene rings is 1. The third kappa shape index (κ3) is 3.37. The second-order valence-corrected chi connectivity index (χ2v) is 3.71. The average Bonchev–Trinajstić information content (AvgIpc) is 2.89. The van der Waals surface area contributed by atoms with Gasteiger partial charge in [-0.05, 0) is 30.3 Å². The highest BCUT2D eigenvalue weighted by Gasteiger charge is 2.30. The molecule has 0 aliphatic rings. The number of alkyl halides is 3. The summed E-state index contributed by atoms with van der Waals surface area (Å²) in [7, 11) is 0. The van der Waals surface area contributed by atoms with Crippen molar-refractivity contribution in [2.45, 2.75) is 6.18 Å². The molecule has 3 nitrogen and oxygen atoms in total. The molecule has 0 N–H and O–H groups in total. The lowest BCUT2D eigenvalue weighted by Crippen LogP contribution is -2.11. The van der Waals surface area contributed by atoms with Crippen LogP contribution in [0.25, 0.3) is 0 Å². The van der Waals surface area contributed by atoms with E-state index in [0.717, 1.165) is 12.1 Å². The molecular formula is C13H9F3O3. The second-order valence-electron chi connectivity index (χ2n) is 3.71. The Kier molecular flexibility index (Phi) is 3.59. The number of rotatable bonds is 4. The van der Waals surface area contributed by atoms with Gasteiger partial charge in [0.05, 0.1) is 11.8 Å². The lowest BCUT2D eigenvalue weighted by molar-refractivity contribution is -0.137. The van der Waals surface area contributed by atoms with Crippen molar-refractivity contribution >= 4 is 5.78 Å². The molecule has 2 rings (SSSR count). The van der Waals surface area contributed by atoms with Gasteiger partial charge in [0.25, 0.3) is 0 Å². The minimum Gasteiger partial charge on any atom is -0.485 e. The Morgan fingerprint density at radius 1 is 1.21 bits per heavy atom. The van der Waals surface area contributed by atoms with Gasteiger partial charge in [0.1, 0.15) is 5.75 Å². The standard InChI is InChI=1S/C13H9F3O3/c14-13(15,16)9-3-1-4-10(7-9)19-8-11(17)12-5-2-6-18-12/h1-7H,8H2. The number of furan rings is 1. The first-order chi connectivity index (χ1) is 8.97. The van der Waals surface area contributed by atoms with Crippen molar-refractivity contribution < 1.29 is 27.1 Å². The summed E-state index contributed by atoms with van der Waals surface area (Å²) in [6.07, 6.45) is -3.11. The molecule has 0 spiro atoms. The normalized spacial score (nSPS) is 11.3. The Balaban J connectivity index is 2.02. The number of halogens is 3. The van der Waals surface area contributed by atoms with E-state index < -0.39 is 17.5 Å². The molecule has 0 atom stereocenters. The molecule has 0 aliphatic carbocycles. The summed E-state index contributed by atoms with van der Waals surface area (Å²) in [4.78, 5) is 11.5. The summed E-state index contributed by atoms with van der Waals surface area (Å²) in [6.45, 7) is -0.380. The Labute approximate surface area is 106 Å². The molecule has 1 heterocycles. The fourth-order valence-corrected chi connectivity index (χ4v) is 1.42. The Hall–Kier alpha value is -2.24. The smallest absolute Gasteiger partial charge is 0.416 e. The van der Waals surface area contributed by atoms with E-state index in [1.165, 1.54) is 30.5 Å². The quantitative estimate of drug-likeness (QED) is 0.797. The van der Waals surface area contributed by atoms with Gasteiger partial charge in [-0.25, -0.2) is 0 Å². The van der Waals surface area contributed by atoms with Gasteiger partial charge < -0.3 is 9.15 Å². The maximum absolute atomic E-state index is 12.5. The van der Waals surface area contributed by atoms with Gasteiger partial charge in [-0.2, -0.15) is 13.2 Å². The minimum absolute atomic E-state index is 0.0188. The van der Waals surface area contributed by atoms with E-state index in [-0.39, 0.29) is 18.1 Å². The predicted molar refractivity (Wildman–Crippen MR) is 60.0 cm³/mol. The summed E-state index contributed by atoms with van der Waals surface area (Å²) in [5, 5.41) is 0.